The molecule has 0 N–H and O–H groups in total. The highest BCUT2D eigenvalue weighted by Crippen LogP contribution is 2.18. The third-order valence-corrected chi connectivity index (χ3v) is 1.62. The number of ketones is 1. The first-order valence-corrected chi connectivity index (χ1v) is 3.29. The molecule has 0 fully saturated rings. The molecule has 0 saturated carbocycles. The largest absolute Gasteiger partial charge is 0.289 e. The second kappa shape index (κ2) is 2.65. The van der Waals surface area contributed by atoms with Crippen molar-refractivity contribution < 1.29 is 4.79 Å². The van der Waals surface area contributed by atoms with Crippen molar-refractivity contribution in [1.29, 1.82) is 0 Å². The first-order valence-electron chi connectivity index (χ1n) is 3.29. The van der Waals surface area contributed by atoms with Gasteiger partial charge in [-0.25, -0.2) is 0 Å². The molecule has 1 nitrogen and oxygen atoms in total. The van der Waals surface area contributed by atoms with E-state index in [0.29, 0.717) is 0 Å². The molecule has 1 heteroatoms. The fourth-order valence-electron chi connectivity index (χ4n) is 1.03. The van der Waals surface area contributed by atoms with Gasteiger partial charge in [0.2, 0.25) is 0 Å². The van der Waals surface area contributed by atoms with Crippen LogP contribution in [0.25, 0.3) is 0 Å². The maximum absolute atomic E-state index is 11.0. The Bertz CT molecular complexity index is 231. The van der Waals surface area contributed by atoms with Crippen molar-refractivity contribution in [3.8, 4) is 0 Å². The Morgan fingerprint density at radius 2 is 2.40 bits per heavy atom. The van der Waals surface area contributed by atoms with Crippen molar-refractivity contribution >= 4 is 5.78 Å². The Morgan fingerprint density at radius 3 is 2.80 bits per heavy atom. The minimum absolute atomic E-state index is 0.0336. The van der Waals surface area contributed by atoms with E-state index in [1.807, 2.05) is 19.1 Å². The summed E-state index contributed by atoms with van der Waals surface area (Å²) in [5.74, 6) is 0.0336. The predicted octanol–water partition coefficient (Wildman–Crippen LogP) is 2.02. The van der Waals surface area contributed by atoms with Gasteiger partial charge in [0.15, 0.2) is 5.78 Å². The fourth-order valence-corrected chi connectivity index (χ4v) is 1.03. The Labute approximate surface area is 60.7 Å². The zero-order chi connectivity index (χ0) is 7.56. The maximum Gasteiger partial charge on any atom is 0.185 e. The predicted molar refractivity (Wildman–Crippen MR) is 41.7 cm³/mol. The zero-order valence-corrected chi connectivity index (χ0v) is 6.05. The van der Waals surface area contributed by atoms with Crippen molar-refractivity contribution in [1.82, 2.24) is 0 Å². The minimum Gasteiger partial charge on any atom is -0.289 e. The van der Waals surface area contributed by atoms with Crippen molar-refractivity contribution in [2.45, 2.75) is 13.3 Å². The number of allylic oxidation sites excluding steroid dienone is 5. The second-order valence-electron chi connectivity index (χ2n) is 2.31. The molecule has 0 aliphatic heterocycles. The molecule has 0 bridgehead atoms. The lowest BCUT2D eigenvalue weighted by Crippen LogP contribution is -1.96. The normalized spacial score (nSPS) is 16.1. The van der Waals surface area contributed by atoms with Crippen LogP contribution in [0.1, 0.15) is 13.3 Å². The zero-order valence-electron chi connectivity index (χ0n) is 6.05. The first kappa shape index (κ1) is 7.00. The molecule has 0 saturated heterocycles. The van der Waals surface area contributed by atoms with Crippen molar-refractivity contribution in [2.75, 3.05) is 0 Å². The molecular weight excluding hydrogens is 124 g/mol. The number of hydrogen-bond acceptors (Lipinski definition) is 1. The van der Waals surface area contributed by atoms with Gasteiger partial charge < -0.3 is 0 Å². The smallest absolute Gasteiger partial charge is 0.185 e. The summed E-state index contributed by atoms with van der Waals surface area (Å²) in [4.78, 5) is 11.0. The third-order valence-electron chi connectivity index (χ3n) is 1.62. The summed E-state index contributed by atoms with van der Waals surface area (Å²) in [5, 5.41) is 0. The van der Waals surface area contributed by atoms with Crippen LogP contribution in [-0.2, 0) is 4.79 Å². The maximum atomic E-state index is 11.0. The molecule has 0 spiro atoms. The quantitative estimate of drug-likeness (QED) is 0.528. The van der Waals surface area contributed by atoms with Crippen molar-refractivity contribution in [3.63, 3.8) is 0 Å². The van der Waals surface area contributed by atoms with Crippen LogP contribution in [0.4, 0.5) is 0 Å². The van der Waals surface area contributed by atoms with Crippen LogP contribution in [0.3, 0.4) is 0 Å². The lowest BCUT2D eigenvalue weighted by molar-refractivity contribution is -0.111. The summed E-state index contributed by atoms with van der Waals surface area (Å²) in [7, 11) is 0. The van der Waals surface area contributed by atoms with Crippen LogP contribution in [0.15, 0.2) is 36.0 Å². The van der Waals surface area contributed by atoms with Crippen molar-refractivity contribution in [2.24, 2.45) is 0 Å². The SMILES string of the molecule is C=CC(=O)C1=CCC=C1C. The molecule has 0 aromatic rings. The Kier molecular flexibility index (Phi) is 1.86. The lowest BCUT2D eigenvalue weighted by Gasteiger charge is -1.95. The minimum atomic E-state index is 0.0336. The summed E-state index contributed by atoms with van der Waals surface area (Å²) in [5.41, 5.74) is 1.89. The molecule has 0 aromatic heterocycles. The highest BCUT2D eigenvalue weighted by Gasteiger charge is 2.09. The number of carbonyl (C=O) groups is 1. The fraction of sp³-hybridized carbons (Fsp3) is 0.222. The van der Waals surface area contributed by atoms with E-state index in [4.69, 9.17) is 0 Å². The standard InChI is InChI=1S/C9H10O/c1-3-9(10)8-6-4-5-7(8)2/h3,5-6H,1,4H2,2H3. The Morgan fingerprint density at radius 1 is 1.70 bits per heavy atom. The molecule has 0 heterocycles. The van der Waals surface area contributed by atoms with Gasteiger partial charge in [0.05, 0.1) is 0 Å². The number of rotatable bonds is 2. The molecular formula is C9H10O. The van der Waals surface area contributed by atoms with Gasteiger partial charge >= 0.3 is 0 Å². The summed E-state index contributed by atoms with van der Waals surface area (Å²) >= 11 is 0. The van der Waals surface area contributed by atoms with Crippen LogP contribution in [0.5, 0.6) is 0 Å². The first-order chi connectivity index (χ1) is 4.75. The van der Waals surface area contributed by atoms with Crippen LogP contribution in [-0.4, -0.2) is 5.78 Å². The van der Waals surface area contributed by atoms with Crippen LogP contribution in [0.2, 0.25) is 0 Å². The van der Waals surface area contributed by atoms with Crippen molar-refractivity contribution in [3.05, 3.63) is 36.0 Å². The van der Waals surface area contributed by atoms with E-state index in [1.54, 1.807) is 0 Å². The van der Waals surface area contributed by atoms with Crippen LogP contribution >= 0.6 is 0 Å². The second-order valence-corrected chi connectivity index (χ2v) is 2.31. The average molecular weight is 134 g/mol. The van der Waals surface area contributed by atoms with E-state index < -0.39 is 0 Å². The van der Waals surface area contributed by atoms with Gasteiger partial charge in [-0.2, -0.15) is 0 Å². The van der Waals surface area contributed by atoms with Gasteiger partial charge in [-0.05, 0) is 25.0 Å². The monoisotopic (exact) mass is 134 g/mol. The molecule has 1 rings (SSSR count). The summed E-state index contributed by atoms with van der Waals surface area (Å²) < 4.78 is 0. The Hall–Kier alpha value is -1.11. The van der Waals surface area contributed by atoms with Gasteiger partial charge in [-0.15, -0.1) is 0 Å². The molecule has 0 amide bonds. The molecule has 0 unspecified atom stereocenters. The molecule has 1 aliphatic carbocycles. The van der Waals surface area contributed by atoms with Crippen LogP contribution < -0.4 is 0 Å². The van der Waals surface area contributed by atoms with E-state index in [9.17, 15) is 4.79 Å². The summed E-state index contributed by atoms with van der Waals surface area (Å²) in [6.07, 6.45) is 6.21. The highest BCUT2D eigenvalue weighted by molar-refractivity contribution is 6.07. The number of carbonyl (C=O) groups excluding carboxylic acids is 1. The summed E-state index contributed by atoms with van der Waals surface area (Å²) in [6, 6.07) is 0. The Balaban J connectivity index is 2.84. The van der Waals surface area contributed by atoms with E-state index in [2.05, 4.69) is 6.58 Å². The number of hydrogen-bond donors (Lipinski definition) is 0. The van der Waals surface area contributed by atoms with Gasteiger partial charge in [0.25, 0.3) is 0 Å². The highest BCUT2D eigenvalue weighted by atomic mass is 16.1. The van der Waals surface area contributed by atoms with Gasteiger partial charge in [0, 0.05) is 5.57 Å². The summed E-state index contributed by atoms with van der Waals surface area (Å²) in [6.45, 7) is 5.37. The van der Waals surface area contributed by atoms with Gasteiger partial charge in [-0.1, -0.05) is 18.7 Å². The molecule has 10 heavy (non-hydrogen) atoms. The lowest BCUT2D eigenvalue weighted by atomic mass is 10.1. The molecule has 0 atom stereocenters. The topological polar surface area (TPSA) is 17.1 Å². The third kappa shape index (κ3) is 1.08. The van der Waals surface area contributed by atoms with E-state index in [1.165, 1.54) is 6.08 Å². The van der Waals surface area contributed by atoms with E-state index in [0.717, 1.165) is 17.6 Å². The van der Waals surface area contributed by atoms with Gasteiger partial charge in [-0.3, -0.25) is 4.79 Å². The molecule has 0 aromatic carbocycles. The molecule has 52 valence electrons. The molecule has 0 radical (unpaired) electrons. The van der Waals surface area contributed by atoms with E-state index >= 15 is 0 Å². The van der Waals surface area contributed by atoms with Crippen LogP contribution in [0, 0.1) is 0 Å². The molecule has 1 aliphatic rings. The van der Waals surface area contributed by atoms with Gasteiger partial charge in [0.1, 0.15) is 0 Å². The van der Waals surface area contributed by atoms with E-state index in [-0.39, 0.29) is 5.78 Å². The average Bonchev–Trinajstić information content (AvgIpc) is 2.34.